The van der Waals surface area contributed by atoms with Gasteiger partial charge in [-0.25, -0.2) is 9.37 Å². The van der Waals surface area contributed by atoms with Crippen LogP contribution in [0.3, 0.4) is 0 Å². The summed E-state index contributed by atoms with van der Waals surface area (Å²) >= 11 is 1.40. The molecule has 2 aliphatic carbocycles. The molecule has 2 aliphatic heterocycles. The summed E-state index contributed by atoms with van der Waals surface area (Å²) in [5, 5.41) is 6.42. The number of rotatable bonds is 6. The first-order valence-electron chi connectivity index (χ1n) is 13.9. The van der Waals surface area contributed by atoms with Crippen LogP contribution in [-0.2, 0) is 15.7 Å². The molecule has 2 amide bonds. The van der Waals surface area contributed by atoms with Crippen molar-refractivity contribution in [2.24, 2.45) is 17.8 Å². The number of methoxy groups -OCH3 is 1. The van der Waals surface area contributed by atoms with Gasteiger partial charge in [0.1, 0.15) is 22.7 Å². The molecule has 8 nitrogen and oxygen atoms in total. The summed E-state index contributed by atoms with van der Waals surface area (Å²) in [5.41, 5.74) is -0.671. The number of anilines is 2. The van der Waals surface area contributed by atoms with Gasteiger partial charge in [-0.3, -0.25) is 9.59 Å². The van der Waals surface area contributed by atoms with Crippen LogP contribution in [0.2, 0.25) is 0 Å². The molecule has 3 heterocycles. The Morgan fingerprint density at radius 2 is 1.93 bits per heavy atom. The molecule has 4 fully saturated rings. The maximum Gasteiger partial charge on any atom is 0.419 e. The van der Waals surface area contributed by atoms with Crippen LogP contribution in [0.1, 0.15) is 41.6 Å². The fourth-order valence-electron chi connectivity index (χ4n) is 7.05. The third kappa shape index (κ3) is 4.48. The highest BCUT2D eigenvalue weighted by Gasteiger charge is 2.52. The zero-order valence-corrected chi connectivity index (χ0v) is 23.4. The van der Waals surface area contributed by atoms with Crippen molar-refractivity contribution in [1.29, 1.82) is 0 Å². The fraction of sp³-hybridized carbons (Fsp3) is 0.483. The highest BCUT2D eigenvalue weighted by molar-refractivity contribution is 7.22. The molecular weight excluding hydrogens is 576 g/mol. The smallest absolute Gasteiger partial charge is 0.419 e. The number of alkyl halides is 3. The van der Waals surface area contributed by atoms with Gasteiger partial charge in [-0.2, -0.15) is 13.2 Å². The van der Waals surface area contributed by atoms with Gasteiger partial charge < -0.3 is 25.0 Å². The van der Waals surface area contributed by atoms with Crippen molar-refractivity contribution >= 4 is 44.2 Å². The van der Waals surface area contributed by atoms with Crippen LogP contribution in [0, 0.1) is 23.6 Å². The molecule has 0 unspecified atom stereocenters. The lowest BCUT2D eigenvalue weighted by atomic mass is 9.83. The quantitative estimate of drug-likeness (QED) is 0.375. The first kappa shape index (κ1) is 27.4. The van der Waals surface area contributed by atoms with E-state index in [1.807, 2.05) is 6.07 Å². The molecule has 1 spiro atoms. The Hall–Kier alpha value is -3.45. The Morgan fingerprint density at radius 3 is 2.62 bits per heavy atom. The number of hydrogen-bond acceptors (Lipinski definition) is 7. The molecule has 0 radical (unpaired) electrons. The number of halogens is 4. The van der Waals surface area contributed by atoms with E-state index in [2.05, 4.69) is 15.5 Å². The van der Waals surface area contributed by atoms with Gasteiger partial charge in [0.15, 0.2) is 5.13 Å². The molecule has 2 saturated carbocycles. The fourth-order valence-corrected chi connectivity index (χ4v) is 8.15. The van der Waals surface area contributed by atoms with Gasteiger partial charge in [0.2, 0.25) is 5.91 Å². The molecule has 1 aromatic heterocycles. The first-order chi connectivity index (χ1) is 20.0. The Balaban J connectivity index is 1.13. The normalized spacial score (nSPS) is 25.8. The van der Waals surface area contributed by atoms with Crippen molar-refractivity contribution < 1.29 is 36.6 Å². The molecule has 2 saturated heterocycles. The molecule has 3 aromatic rings. The Kier molecular flexibility index (Phi) is 6.39. The first-order valence-corrected chi connectivity index (χ1v) is 14.7. The number of hydrogen-bond donors (Lipinski definition) is 2. The number of carbonyl (C=O) groups excluding carboxylic acids is 2. The lowest BCUT2D eigenvalue weighted by molar-refractivity contribution is -0.160. The molecule has 4 aliphatic rings. The van der Waals surface area contributed by atoms with E-state index in [1.54, 1.807) is 6.07 Å². The van der Waals surface area contributed by atoms with E-state index < -0.39 is 41.3 Å². The average molecular weight is 605 g/mol. The SMILES string of the molecule is COc1ccc2nc(N3CC4(CCO4)C3)sc2c1C(=O)N[C@@H]1[C@H]2CC[C@H](C2)[C@@H]1C(=O)Nc1ccc(F)c(C(F)(F)F)c1. The number of carbonyl (C=O) groups is 2. The van der Waals surface area contributed by atoms with Gasteiger partial charge in [-0.1, -0.05) is 11.3 Å². The highest BCUT2D eigenvalue weighted by atomic mass is 32.1. The number of nitrogens with zero attached hydrogens (tertiary/aromatic N) is 2. The maximum absolute atomic E-state index is 13.9. The Morgan fingerprint density at radius 1 is 1.17 bits per heavy atom. The van der Waals surface area contributed by atoms with Gasteiger partial charge in [-0.15, -0.1) is 0 Å². The second-order valence-electron chi connectivity index (χ2n) is 11.7. The number of amides is 2. The minimum Gasteiger partial charge on any atom is -0.496 e. The van der Waals surface area contributed by atoms with E-state index in [1.165, 1.54) is 18.4 Å². The van der Waals surface area contributed by atoms with Crippen molar-refractivity contribution in [2.75, 3.05) is 37.0 Å². The Labute approximate surface area is 242 Å². The molecule has 222 valence electrons. The largest absolute Gasteiger partial charge is 0.496 e. The monoisotopic (exact) mass is 604 g/mol. The number of ether oxygens (including phenoxy) is 2. The van der Waals surface area contributed by atoms with Crippen molar-refractivity contribution in [3.8, 4) is 5.75 Å². The third-order valence-electron chi connectivity index (χ3n) is 9.21. The van der Waals surface area contributed by atoms with Gasteiger partial charge in [0.05, 0.1) is 48.5 Å². The molecule has 2 bridgehead atoms. The van der Waals surface area contributed by atoms with E-state index in [-0.39, 0.29) is 23.1 Å². The molecule has 2 aromatic carbocycles. The molecule has 4 atom stereocenters. The van der Waals surface area contributed by atoms with Crippen LogP contribution in [0.5, 0.6) is 5.75 Å². The van der Waals surface area contributed by atoms with E-state index in [4.69, 9.17) is 14.5 Å². The van der Waals surface area contributed by atoms with Crippen molar-refractivity contribution in [2.45, 2.75) is 43.5 Å². The van der Waals surface area contributed by atoms with Gasteiger partial charge >= 0.3 is 6.18 Å². The minimum atomic E-state index is -4.90. The third-order valence-corrected chi connectivity index (χ3v) is 10.4. The molecule has 42 heavy (non-hydrogen) atoms. The van der Waals surface area contributed by atoms with E-state index in [0.717, 1.165) is 56.6 Å². The van der Waals surface area contributed by atoms with E-state index in [9.17, 15) is 27.2 Å². The van der Waals surface area contributed by atoms with Crippen molar-refractivity contribution in [1.82, 2.24) is 10.3 Å². The zero-order valence-electron chi connectivity index (χ0n) is 22.6. The molecular formula is C29H28F4N4O4S. The summed E-state index contributed by atoms with van der Waals surface area (Å²) in [6.45, 7) is 2.29. The lowest BCUT2D eigenvalue weighted by Gasteiger charge is -2.55. The number of nitrogens with one attached hydrogen (secondary N) is 2. The Bertz CT molecular complexity index is 1580. The minimum absolute atomic E-state index is 0.0250. The maximum atomic E-state index is 13.9. The summed E-state index contributed by atoms with van der Waals surface area (Å²) in [4.78, 5) is 34.2. The van der Waals surface area contributed by atoms with Gasteiger partial charge in [0.25, 0.3) is 5.91 Å². The van der Waals surface area contributed by atoms with Crippen molar-refractivity contribution in [3.05, 3.63) is 47.3 Å². The predicted molar refractivity (Wildman–Crippen MR) is 147 cm³/mol. The summed E-state index contributed by atoms with van der Waals surface area (Å²) in [6, 6.07) is 5.38. The number of benzene rings is 2. The van der Waals surface area contributed by atoms with Crippen LogP contribution in [-0.4, -0.2) is 55.2 Å². The van der Waals surface area contributed by atoms with Crippen LogP contribution < -0.4 is 20.3 Å². The van der Waals surface area contributed by atoms with Gasteiger partial charge in [0, 0.05) is 18.2 Å². The topological polar surface area (TPSA) is 92.8 Å². The van der Waals surface area contributed by atoms with Crippen LogP contribution in [0.25, 0.3) is 10.2 Å². The van der Waals surface area contributed by atoms with Crippen LogP contribution in [0.15, 0.2) is 30.3 Å². The van der Waals surface area contributed by atoms with Crippen LogP contribution in [0.4, 0.5) is 28.4 Å². The molecule has 2 N–H and O–H groups in total. The second-order valence-corrected chi connectivity index (χ2v) is 12.6. The zero-order chi connectivity index (χ0) is 29.4. The second kappa shape index (κ2) is 9.80. The average Bonchev–Trinajstić information content (AvgIpc) is 3.61. The van der Waals surface area contributed by atoms with E-state index in [0.29, 0.717) is 33.7 Å². The molecule has 13 heteroatoms. The van der Waals surface area contributed by atoms with E-state index >= 15 is 0 Å². The number of thiazole rings is 1. The standard InChI is InChI=1S/C29H28F4N4O4S/c1-40-20-7-6-19-24(42-27(35-19)37-12-28(13-37)8-9-41-28)22(20)26(39)36-23-15-3-2-14(10-15)21(23)25(38)34-16-4-5-18(30)17(11-16)29(31,32)33/h4-7,11,14-15,21,23H,2-3,8-10,12-13H2,1H3,(H,34,38)(H,36,39)/t14-,15+,21+,23-/m1/s1. The predicted octanol–water partition coefficient (Wildman–Crippen LogP) is 5.23. The summed E-state index contributed by atoms with van der Waals surface area (Å²) in [6.07, 6.45) is -1.53. The molecule has 7 rings (SSSR count). The van der Waals surface area contributed by atoms with Gasteiger partial charge in [-0.05, 0) is 61.4 Å². The summed E-state index contributed by atoms with van der Waals surface area (Å²) < 4.78 is 65.4. The summed E-state index contributed by atoms with van der Waals surface area (Å²) in [7, 11) is 1.48. The highest BCUT2D eigenvalue weighted by Crippen LogP contribution is 2.49. The lowest BCUT2D eigenvalue weighted by Crippen LogP contribution is -2.68. The van der Waals surface area contributed by atoms with Crippen LogP contribution >= 0.6 is 11.3 Å². The number of fused-ring (bicyclic) bond motifs is 3. The summed E-state index contributed by atoms with van der Waals surface area (Å²) in [5.74, 6) is -2.54. The van der Waals surface area contributed by atoms with Crippen molar-refractivity contribution in [3.63, 3.8) is 0 Å². The number of aromatic nitrogens is 1.